The number of rotatable bonds is 6. The van der Waals surface area contributed by atoms with Crippen LogP contribution in [0.5, 0.6) is 0 Å². The Labute approximate surface area is 75.8 Å². The molecule has 0 fully saturated rings. The van der Waals surface area contributed by atoms with Crippen LogP contribution in [0.4, 0.5) is 0 Å². The third-order valence-corrected chi connectivity index (χ3v) is 2.04. The van der Waals surface area contributed by atoms with Gasteiger partial charge in [0.05, 0.1) is 6.10 Å². The number of hydrogen-bond acceptors (Lipinski definition) is 1. The van der Waals surface area contributed by atoms with Gasteiger partial charge in [0.1, 0.15) is 0 Å². The van der Waals surface area contributed by atoms with Crippen LogP contribution in [0.3, 0.4) is 0 Å². The molecule has 0 aliphatic rings. The van der Waals surface area contributed by atoms with Crippen LogP contribution in [0.2, 0.25) is 0 Å². The Hall–Kier alpha value is -0.520. The summed E-state index contributed by atoms with van der Waals surface area (Å²) in [5.41, 5.74) is 4.08. The molecule has 0 rings (SSSR count). The number of aliphatic hydroxyl groups excluding tert-OH is 1. The molecule has 0 amide bonds. The second kappa shape index (κ2) is 7.15. The molecule has 0 radical (unpaired) electrons. The van der Waals surface area contributed by atoms with E-state index in [0.717, 1.165) is 19.3 Å². The van der Waals surface area contributed by atoms with Crippen molar-refractivity contribution in [3.8, 4) is 0 Å². The summed E-state index contributed by atoms with van der Waals surface area (Å²) >= 11 is 0. The third-order valence-electron chi connectivity index (χ3n) is 2.04. The topological polar surface area (TPSA) is 20.2 Å². The SMILES string of the molecule is C=C=C(CCCC)C[C@H](O)CC. The quantitative estimate of drug-likeness (QED) is 0.604. The van der Waals surface area contributed by atoms with Gasteiger partial charge in [0, 0.05) is 6.42 Å². The highest BCUT2D eigenvalue weighted by atomic mass is 16.3. The largest absolute Gasteiger partial charge is 0.393 e. The second-order valence-corrected chi connectivity index (χ2v) is 3.15. The van der Waals surface area contributed by atoms with E-state index < -0.39 is 0 Å². The summed E-state index contributed by atoms with van der Waals surface area (Å²) in [6.07, 6.45) is 4.77. The first-order valence-corrected chi connectivity index (χ1v) is 4.80. The van der Waals surface area contributed by atoms with Crippen molar-refractivity contribution in [2.45, 2.75) is 52.1 Å². The molecule has 0 unspecified atom stereocenters. The third kappa shape index (κ3) is 5.17. The van der Waals surface area contributed by atoms with Crippen LogP contribution < -0.4 is 0 Å². The highest BCUT2D eigenvalue weighted by Crippen LogP contribution is 2.13. The molecule has 70 valence electrons. The summed E-state index contributed by atoms with van der Waals surface area (Å²) in [4.78, 5) is 0. The highest BCUT2D eigenvalue weighted by Gasteiger charge is 2.03. The summed E-state index contributed by atoms with van der Waals surface area (Å²) in [6, 6.07) is 0. The first-order chi connectivity index (χ1) is 5.74. The lowest BCUT2D eigenvalue weighted by atomic mass is 10.0. The van der Waals surface area contributed by atoms with Gasteiger partial charge in [-0.25, -0.2) is 0 Å². The molecular weight excluding hydrogens is 148 g/mol. The van der Waals surface area contributed by atoms with Crippen molar-refractivity contribution in [1.29, 1.82) is 0 Å². The standard InChI is InChI=1S/C11H20O/c1-4-7-8-10(5-2)9-11(12)6-3/h11-12H,2,4,6-9H2,1,3H3/t11-/m1/s1. The summed E-state index contributed by atoms with van der Waals surface area (Å²) in [5, 5.41) is 9.37. The van der Waals surface area contributed by atoms with Gasteiger partial charge in [0.2, 0.25) is 0 Å². The molecule has 1 nitrogen and oxygen atoms in total. The zero-order valence-corrected chi connectivity index (χ0v) is 8.27. The lowest BCUT2D eigenvalue weighted by Gasteiger charge is -2.08. The Balaban J connectivity index is 3.77. The van der Waals surface area contributed by atoms with Crippen molar-refractivity contribution in [3.63, 3.8) is 0 Å². The van der Waals surface area contributed by atoms with E-state index in [0.29, 0.717) is 0 Å². The van der Waals surface area contributed by atoms with Gasteiger partial charge < -0.3 is 5.11 Å². The molecule has 12 heavy (non-hydrogen) atoms. The molecule has 0 heterocycles. The Morgan fingerprint density at radius 1 is 1.50 bits per heavy atom. The number of aliphatic hydroxyl groups is 1. The Bertz CT molecular complexity index is 154. The lowest BCUT2D eigenvalue weighted by Crippen LogP contribution is -2.05. The normalized spacial score (nSPS) is 12.2. The van der Waals surface area contributed by atoms with Crippen LogP contribution in [0.1, 0.15) is 46.0 Å². The predicted molar refractivity (Wildman–Crippen MR) is 53.1 cm³/mol. The summed E-state index contributed by atoms with van der Waals surface area (Å²) in [7, 11) is 0. The average molecular weight is 168 g/mol. The van der Waals surface area contributed by atoms with Crippen molar-refractivity contribution < 1.29 is 5.11 Å². The van der Waals surface area contributed by atoms with Gasteiger partial charge in [-0.1, -0.05) is 26.8 Å². The van der Waals surface area contributed by atoms with Gasteiger partial charge in [0.15, 0.2) is 0 Å². The maximum atomic E-state index is 9.37. The fraction of sp³-hybridized carbons (Fsp3) is 0.727. The summed E-state index contributed by atoms with van der Waals surface area (Å²) in [6.45, 7) is 7.78. The van der Waals surface area contributed by atoms with Gasteiger partial charge >= 0.3 is 0 Å². The van der Waals surface area contributed by atoms with E-state index in [4.69, 9.17) is 0 Å². The first kappa shape index (κ1) is 11.5. The zero-order chi connectivity index (χ0) is 9.40. The van der Waals surface area contributed by atoms with Gasteiger partial charge in [-0.15, -0.1) is 5.73 Å². The van der Waals surface area contributed by atoms with Crippen LogP contribution in [-0.2, 0) is 0 Å². The fourth-order valence-corrected chi connectivity index (χ4v) is 1.08. The second-order valence-electron chi connectivity index (χ2n) is 3.15. The molecule has 1 N–H and O–H groups in total. The molecule has 0 aliphatic carbocycles. The summed E-state index contributed by atoms with van der Waals surface area (Å²) < 4.78 is 0. The first-order valence-electron chi connectivity index (χ1n) is 4.80. The smallest absolute Gasteiger partial charge is 0.0580 e. The van der Waals surface area contributed by atoms with Crippen molar-refractivity contribution in [1.82, 2.24) is 0 Å². The average Bonchev–Trinajstić information content (AvgIpc) is 2.11. The Morgan fingerprint density at radius 2 is 2.17 bits per heavy atom. The van der Waals surface area contributed by atoms with E-state index in [1.807, 2.05) is 6.92 Å². The molecule has 0 aromatic heterocycles. The van der Waals surface area contributed by atoms with E-state index in [1.165, 1.54) is 18.4 Å². The van der Waals surface area contributed by atoms with Gasteiger partial charge in [-0.3, -0.25) is 0 Å². The molecule has 0 aliphatic heterocycles. The van der Waals surface area contributed by atoms with Crippen LogP contribution >= 0.6 is 0 Å². The summed E-state index contributed by atoms with van der Waals surface area (Å²) in [5.74, 6) is 0. The number of hydrogen-bond donors (Lipinski definition) is 1. The maximum Gasteiger partial charge on any atom is 0.0580 e. The van der Waals surface area contributed by atoms with Gasteiger partial charge in [0.25, 0.3) is 0 Å². The van der Waals surface area contributed by atoms with E-state index in [1.54, 1.807) is 0 Å². The minimum Gasteiger partial charge on any atom is -0.393 e. The molecule has 0 bridgehead atoms. The Morgan fingerprint density at radius 3 is 2.58 bits per heavy atom. The molecule has 1 atom stereocenters. The minimum absolute atomic E-state index is 0.203. The predicted octanol–water partition coefficient (Wildman–Crippen LogP) is 3.05. The van der Waals surface area contributed by atoms with Crippen LogP contribution in [-0.4, -0.2) is 11.2 Å². The van der Waals surface area contributed by atoms with Crippen molar-refractivity contribution in [2.75, 3.05) is 0 Å². The molecule has 0 saturated heterocycles. The highest BCUT2D eigenvalue weighted by molar-refractivity contribution is 5.00. The number of unbranched alkanes of at least 4 members (excludes halogenated alkanes) is 1. The fourth-order valence-electron chi connectivity index (χ4n) is 1.08. The monoisotopic (exact) mass is 168 g/mol. The molecule has 0 aromatic rings. The van der Waals surface area contributed by atoms with E-state index in [9.17, 15) is 5.11 Å². The van der Waals surface area contributed by atoms with E-state index in [-0.39, 0.29) is 6.10 Å². The molecule has 1 heteroatoms. The maximum absolute atomic E-state index is 9.37. The van der Waals surface area contributed by atoms with E-state index in [2.05, 4.69) is 19.2 Å². The van der Waals surface area contributed by atoms with Crippen LogP contribution in [0.25, 0.3) is 0 Å². The molecule has 0 spiro atoms. The molecular formula is C11H20O. The van der Waals surface area contributed by atoms with Crippen LogP contribution in [0, 0.1) is 0 Å². The minimum atomic E-state index is -0.203. The molecule has 0 aromatic carbocycles. The van der Waals surface area contributed by atoms with Crippen molar-refractivity contribution >= 4 is 0 Å². The van der Waals surface area contributed by atoms with Gasteiger partial charge in [-0.2, -0.15) is 0 Å². The van der Waals surface area contributed by atoms with Gasteiger partial charge in [-0.05, 0) is 24.8 Å². The van der Waals surface area contributed by atoms with Crippen molar-refractivity contribution in [2.24, 2.45) is 0 Å². The zero-order valence-electron chi connectivity index (χ0n) is 8.27. The Kier molecular flexibility index (Phi) is 6.84. The van der Waals surface area contributed by atoms with Crippen molar-refractivity contribution in [3.05, 3.63) is 17.9 Å². The molecule has 0 saturated carbocycles. The lowest BCUT2D eigenvalue weighted by molar-refractivity contribution is 0.169. The van der Waals surface area contributed by atoms with E-state index >= 15 is 0 Å². The van der Waals surface area contributed by atoms with Crippen LogP contribution in [0.15, 0.2) is 17.9 Å².